The van der Waals surface area contributed by atoms with Crippen molar-refractivity contribution in [3.63, 3.8) is 0 Å². The molecule has 1 aromatic heterocycles. The van der Waals surface area contributed by atoms with E-state index in [0.29, 0.717) is 18.1 Å². The topological polar surface area (TPSA) is 77.2 Å². The lowest BCUT2D eigenvalue weighted by Crippen LogP contribution is -2.15. The van der Waals surface area contributed by atoms with E-state index < -0.39 is 0 Å². The minimum Gasteiger partial charge on any atom is -0.493 e. The number of nitrogens with one attached hydrogen (secondary N) is 1. The molecule has 118 valence electrons. The van der Waals surface area contributed by atoms with Gasteiger partial charge in [-0.2, -0.15) is 0 Å². The van der Waals surface area contributed by atoms with Crippen LogP contribution in [0.2, 0.25) is 0 Å². The van der Waals surface area contributed by atoms with E-state index in [1.54, 1.807) is 12.1 Å². The summed E-state index contributed by atoms with van der Waals surface area (Å²) in [6.07, 6.45) is 1.80. The van der Waals surface area contributed by atoms with Crippen LogP contribution in [-0.4, -0.2) is 17.5 Å². The van der Waals surface area contributed by atoms with Gasteiger partial charge in [0.1, 0.15) is 11.6 Å². The Hall–Kier alpha value is -2.27. The molecule has 1 heterocycles. The number of rotatable bonds is 5. The van der Waals surface area contributed by atoms with Crippen LogP contribution in [0.5, 0.6) is 5.75 Å². The fourth-order valence-corrected chi connectivity index (χ4v) is 1.84. The number of aryl methyl sites for hydroxylation is 1. The van der Waals surface area contributed by atoms with Crippen molar-refractivity contribution in [3.05, 3.63) is 47.7 Å². The number of nitrogen functional groups attached to an aromatic ring is 1. The molecule has 0 spiro atoms. The number of hydrogen-bond acceptors (Lipinski definition) is 4. The quantitative estimate of drug-likeness (QED) is 0.887. The number of anilines is 2. The van der Waals surface area contributed by atoms with Crippen molar-refractivity contribution in [2.75, 3.05) is 17.7 Å². The van der Waals surface area contributed by atoms with Gasteiger partial charge in [-0.15, -0.1) is 12.4 Å². The first-order chi connectivity index (χ1) is 10.1. The second-order valence-electron chi connectivity index (χ2n) is 4.82. The molecule has 0 fully saturated rings. The van der Waals surface area contributed by atoms with E-state index in [9.17, 15) is 4.79 Å². The van der Waals surface area contributed by atoms with Crippen molar-refractivity contribution in [1.29, 1.82) is 0 Å². The third kappa shape index (κ3) is 4.93. The number of pyridine rings is 1. The Kier molecular flexibility index (Phi) is 6.66. The van der Waals surface area contributed by atoms with Crippen molar-refractivity contribution in [1.82, 2.24) is 4.98 Å². The number of hydrogen-bond donors (Lipinski definition) is 2. The Morgan fingerprint density at radius 1 is 1.27 bits per heavy atom. The molecule has 0 saturated heterocycles. The van der Waals surface area contributed by atoms with Crippen LogP contribution >= 0.6 is 12.4 Å². The SMILES string of the molecule is Cc1cccc(OCCC(=O)Nc2ccc(N)nc2)c1C.Cl. The van der Waals surface area contributed by atoms with Gasteiger partial charge in [0.25, 0.3) is 0 Å². The maximum Gasteiger partial charge on any atom is 0.227 e. The molecule has 22 heavy (non-hydrogen) atoms. The monoisotopic (exact) mass is 321 g/mol. The van der Waals surface area contributed by atoms with E-state index in [1.165, 1.54) is 11.8 Å². The van der Waals surface area contributed by atoms with Crippen LogP contribution in [0.15, 0.2) is 36.5 Å². The summed E-state index contributed by atoms with van der Waals surface area (Å²) in [7, 11) is 0. The Labute approximate surface area is 136 Å². The zero-order chi connectivity index (χ0) is 15.2. The largest absolute Gasteiger partial charge is 0.493 e. The molecule has 0 aliphatic heterocycles. The van der Waals surface area contributed by atoms with Gasteiger partial charge in [0, 0.05) is 0 Å². The molecule has 2 aromatic rings. The summed E-state index contributed by atoms with van der Waals surface area (Å²) >= 11 is 0. The van der Waals surface area contributed by atoms with Crippen LogP contribution in [0.3, 0.4) is 0 Å². The zero-order valence-corrected chi connectivity index (χ0v) is 13.4. The maximum absolute atomic E-state index is 11.8. The third-order valence-electron chi connectivity index (χ3n) is 3.21. The fourth-order valence-electron chi connectivity index (χ4n) is 1.84. The van der Waals surface area contributed by atoms with Crippen LogP contribution in [0.25, 0.3) is 0 Å². The van der Waals surface area contributed by atoms with E-state index in [2.05, 4.69) is 10.3 Å². The second kappa shape index (κ2) is 8.24. The lowest BCUT2D eigenvalue weighted by atomic mass is 10.1. The summed E-state index contributed by atoms with van der Waals surface area (Å²) < 4.78 is 5.65. The molecular formula is C16H20ClN3O2. The predicted octanol–water partition coefficient (Wildman–Crippen LogP) is 3.11. The van der Waals surface area contributed by atoms with E-state index in [1.807, 2.05) is 32.0 Å². The highest BCUT2D eigenvalue weighted by atomic mass is 35.5. The number of halogens is 1. The van der Waals surface area contributed by atoms with Gasteiger partial charge in [0.05, 0.1) is 24.9 Å². The molecular weight excluding hydrogens is 302 g/mol. The van der Waals surface area contributed by atoms with Crippen molar-refractivity contribution in [2.45, 2.75) is 20.3 Å². The van der Waals surface area contributed by atoms with Crippen molar-refractivity contribution in [3.8, 4) is 5.75 Å². The number of benzene rings is 1. The molecule has 2 rings (SSSR count). The number of carbonyl (C=O) groups excluding carboxylic acids is 1. The summed E-state index contributed by atoms with van der Waals surface area (Å²) in [5.74, 6) is 1.12. The molecule has 6 heteroatoms. The van der Waals surface area contributed by atoms with Crippen molar-refractivity contribution < 1.29 is 9.53 Å². The lowest BCUT2D eigenvalue weighted by molar-refractivity contribution is -0.116. The molecule has 0 aliphatic rings. The highest BCUT2D eigenvalue weighted by Crippen LogP contribution is 2.20. The highest BCUT2D eigenvalue weighted by Gasteiger charge is 2.05. The van der Waals surface area contributed by atoms with Crippen LogP contribution in [0.4, 0.5) is 11.5 Å². The van der Waals surface area contributed by atoms with Gasteiger partial charge in [0.2, 0.25) is 5.91 Å². The molecule has 1 aromatic carbocycles. The first-order valence-corrected chi connectivity index (χ1v) is 6.76. The molecule has 0 saturated carbocycles. The Morgan fingerprint density at radius 2 is 2.05 bits per heavy atom. The number of aromatic nitrogens is 1. The fraction of sp³-hybridized carbons (Fsp3) is 0.250. The molecule has 0 aliphatic carbocycles. The number of nitrogens with zero attached hydrogens (tertiary/aromatic N) is 1. The lowest BCUT2D eigenvalue weighted by Gasteiger charge is -2.11. The maximum atomic E-state index is 11.8. The number of ether oxygens (including phenoxy) is 1. The van der Waals surface area contributed by atoms with Crippen LogP contribution in [0.1, 0.15) is 17.5 Å². The smallest absolute Gasteiger partial charge is 0.227 e. The molecule has 5 nitrogen and oxygen atoms in total. The van der Waals surface area contributed by atoms with E-state index >= 15 is 0 Å². The van der Waals surface area contributed by atoms with Crippen molar-refractivity contribution in [2.24, 2.45) is 0 Å². The highest BCUT2D eigenvalue weighted by molar-refractivity contribution is 5.90. The number of carbonyl (C=O) groups is 1. The standard InChI is InChI=1S/C16H19N3O2.ClH/c1-11-4-3-5-14(12(11)2)21-9-8-16(20)19-13-6-7-15(17)18-10-13;/h3-7,10H,8-9H2,1-2H3,(H2,17,18)(H,19,20);1H. The van der Waals surface area contributed by atoms with Crippen LogP contribution in [-0.2, 0) is 4.79 Å². The van der Waals surface area contributed by atoms with Gasteiger partial charge < -0.3 is 15.8 Å². The van der Waals surface area contributed by atoms with Crippen LogP contribution in [0, 0.1) is 13.8 Å². The molecule has 0 radical (unpaired) electrons. The second-order valence-corrected chi connectivity index (χ2v) is 4.82. The summed E-state index contributed by atoms with van der Waals surface area (Å²) in [6, 6.07) is 9.24. The average Bonchev–Trinajstić information content (AvgIpc) is 2.46. The predicted molar refractivity (Wildman–Crippen MR) is 90.6 cm³/mol. The van der Waals surface area contributed by atoms with E-state index in [-0.39, 0.29) is 24.7 Å². The molecule has 0 unspecified atom stereocenters. The Balaban J connectivity index is 0.00000242. The van der Waals surface area contributed by atoms with Gasteiger partial charge in [-0.25, -0.2) is 4.98 Å². The first-order valence-electron chi connectivity index (χ1n) is 6.76. The minimum absolute atomic E-state index is 0. The minimum atomic E-state index is -0.119. The molecule has 3 N–H and O–H groups in total. The normalized spacial score (nSPS) is 9.73. The van der Waals surface area contributed by atoms with Gasteiger partial charge in [-0.05, 0) is 43.2 Å². The molecule has 1 amide bonds. The number of nitrogens with two attached hydrogens (primary N) is 1. The average molecular weight is 322 g/mol. The van der Waals surface area contributed by atoms with Crippen LogP contribution < -0.4 is 15.8 Å². The Bertz CT molecular complexity index is 630. The first kappa shape index (κ1) is 17.8. The molecule has 0 bridgehead atoms. The number of amides is 1. The Morgan fingerprint density at radius 3 is 2.73 bits per heavy atom. The molecule has 0 atom stereocenters. The summed E-state index contributed by atoms with van der Waals surface area (Å²) in [6.45, 7) is 4.37. The summed E-state index contributed by atoms with van der Waals surface area (Å²) in [5.41, 5.74) is 8.38. The van der Waals surface area contributed by atoms with Gasteiger partial charge in [-0.1, -0.05) is 12.1 Å². The third-order valence-corrected chi connectivity index (χ3v) is 3.21. The van der Waals surface area contributed by atoms with Crippen molar-refractivity contribution >= 4 is 29.8 Å². The van der Waals surface area contributed by atoms with E-state index in [0.717, 1.165) is 11.3 Å². The van der Waals surface area contributed by atoms with Gasteiger partial charge in [0.15, 0.2) is 0 Å². The zero-order valence-electron chi connectivity index (χ0n) is 12.6. The van der Waals surface area contributed by atoms with Gasteiger partial charge in [-0.3, -0.25) is 4.79 Å². The summed E-state index contributed by atoms with van der Waals surface area (Å²) in [5, 5.41) is 2.74. The summed E-state index contributed by atoms with van der Waals surface area (Å²) in [4.78, 5) is 15.7. The van der Waals surface area contributed by atoms with Gasteiger partial charge >= 0.3 is 0 Å². The van der Waals surface area contributed by atoms with E-state index in [4.69, 9.17) is 10.5 Å².